The Balaban J connectivity index is 1.61. The van der Waals surface area contributed by atoms with Crippen LogP contribution in [0.4, 0.5) is 0 Å². The van der Waals surface area contributed by atoms with Crippen LogP contribution in [0.2, 0.25) is 0 Å². The number of carbonyl (C=O) groups is 1. The Morgan fingerprint density at radius 3 is 2.41 bits per heavy atom. The van der Waals surface area contributed by atoms with Crippen molar-refractivity contribution in [3.63, 3.8) is 0 Å². The van der Waals surface area contributed by atoms with Gasteiger partial charge in [-0.15, -0.1) is 0 Å². The average molecular weight is 360 g/mol. The topological polar surface area (TPSA) is 35.5 Å². The summed E-state index contributed by atoms with van der Waals surface area (Å²) in [7, 11) is 1.41. The fraction of sp³-hybridized carbons (Fsp3) is 0.208. The van der Waals surface area contributed by atoms with E-state index in [4.69, 9.17) is 4.74 Å². The Hall–Kier alpha value is -3.07. The molecule has 0 aliphatic rings. The van der Waals surface area contributed by atoms with E-state index >= 15 is 0 Å². The van der Waals surface area contributed by atoms with Crippen LogP contribution in [0.3, 0.4) is 0 Å². The van der Waals surface area contributed by atoms with Gasteiger partial charge in [0.15, 0.2) is 0 Å². The summed E-state index contributed by atoms with van der Waals surface area (Å²) in [5.41, 5.74) is 5.93. The number of aryl methyl sites for hydroxylation is 2. The van der Waals surface area contributed by atoms with Crippen molar-refractivity contribution in [3.8, 4) is 16.9 Å². The average Bonchev–Trinajstić information content (AvgIpc) is 2.71. The van der Waals surface area contributed by atoms with Gasteiger partial charge in [-0.2, -0.15) is 0 Å². The lowest BCUT2D eigenvalue weighted by molar-refractivity contribution is -0.140. The van der Waals surface area contributed by atoms with E-state index in [0.717, 1.165) is 16.9 Å². The predicted octanol–water partition coefficient (Wildman–Crippen LogP) is 5.35. The molecule has 0 aromatic heterocycles. The van der Waals surface area contributed by atoms with Crippen molar-refractivity contribution in [2.24, 2.45) is 0 Å². The molecule has 0 spiro atoms. The van der Waals surface area contributed by atoms with Crippen LogP contribution in [0.25, 0.3) is 11.1 Å². The highest BCUT2D eigenvalue weighted by Gasteiger charge is 2.04. The Morgan fingerprint density at radius 2 is 1.67 bits per heavy atom. The van der Waals surface area contributed by atoms with Crippen LogP contribution in [0.15, 0.2) is 72.8 Å². The zero-order valence-electron chi connectivity index (χ0n) is 15.8. The molecular weight excluding hydrogens is 336 g/mol. The third kappa shape index (κ3) is 5.20. The van der Waals surface area contributed by atoms with E-state index in [-0.39, 0.29) is 5.97 Å². The van der Waals surface area contributed by atoms with Gasteiger partial charge in [0.25, 0.3) is 0 Å². The molecule has 0 aliphatic carbocycles. The van der Waals surface area contributed by atoms with Gasteiger partial charge in [-0.05, 0) is 59.4 Å². The molecule has 0 saturated carbocycles. The number of rotatable bonds is 7. The van der Waals surface area contributed by atoms with Crippen molar-refractivity contribution in [3.05, 3.63) is 89.5 Å². The number of hydrogen-bond acceptors (Lipinski definition) is 3. The lowest BCUT2D eigenvalue weighted by atomic mass is 9.99. The van der Waals surface area contributed by atoms with E-state index in [0.29, 0.717) is 19.4 Å². The summed E-state index contributed by atoms with van der Waals surface area (Å²) in [5, 5.41) is 0. The molecule has 0 bridgehead atoms. The van der Waals surface area contributed by atoms with E-state index < -0.39 is 0 Å². The van der Waals surface area contributed by atoms with Crippen molar-refractivity contribution < 1.29 is 14.3 Å². The lowest BCUT2D eigenvalue weighted by Gasteiger charge is -2.10. The molecule has 3 heteroatoms. The first-order chi connectivity index (χ1) is 13.2. The van der Waals surface area contributed by atoms with Crippen molar-refractivity contribution in [2.75, 3.05) is 7.11 Å². The highest BCUT2D eigenvalue weighted by Crippen LogP contribution is 2.24. The van der Waals surface area contributed by atoms with Crippen LogP contribution in [-0.4, -0.2) is 13.1 Å². The third-order valence-corrected chi connectivity index (χ3v) is 4.56. The van der Waals surface area contributed by atoms with E-state index in [9.17, 15) is 4.79 Å². The monoisotopic (exact) mass is 360 g/mol. The molecule has 3 aromatic rings. The summed E-state index contributed by atoms with van der Waals surface area (Å²) in [6, 6.07) is 24.7. The molecule has 0 N–H and O–H groups in total. The lowest BCUT2D eigenvalue weighted by Crippen LogP contribution is -2.02. The van der Waals surface area contributed by atoms with Gasteiger partial charge in [-0.1, -0.05) is 54.6 Å². The van der Waals surface area contributed by atoms with Gasteiger partial charge in [0.2, 0.25) is 0 Å². The normalized spacial score (nSPS) is 10.4. The number of esters is 1. The number of methoxy groups -OCH3 is 1. The van der Waals surface area contributed by atoms with Gasteiger partial charge in [0.1, 0.15) is 12.4 Å². The quantitative estimate of drug-likeness (QED) is 0.533. The van der Waals surface area contributed by atoms with Gasteiger partial charge < -0.3 is 9.47 Å². The molecule has 0 fully saturated rings. The number of benzene rings is 3. The van der Waals surface area contributed by atoms with Gasteiger partial charge in [-0.25, -0.2) is 0 Å². The first kappa shape index (κ1) is 18.7. The summed E-state index contributed by atoms with van der Waals surface area (Å²) in [4.78, 5) is 11.2. The second-order valence-corrected chi connectivity index (χ2v) is 6.52. The van der Waals surface area contributed by atoms with Crippen LogP contribution in [-0.2, 0) is 22.6 Å². The fourth-order valence-electron chi connectivity index (χ4n) is 2.99. The van der Waals surface area contributed by atoms with Gasteiger partial charge in [0.05, 0.1) is 7.11 Å². The molecular formula is C24H24O3. The van der Waals surface area contributed by atoms with Crippen molar-refractivity contribution in [2.45, 2.75) is 26.4 Å². The Morgan fingerprint density at radius 1 is 0.889 bits per heavy atom. The Labute approximate surface area is 160 Å². The Bertz CT molecular complexity index is 898. The zero-order chi connectivity index (χ0) is 19.1. The Kier molecular flexibility index (Phi) is 6.26. The SMILES string of the molecule is COC(=O)CCc1ccc(OCc2cccc(-c3ccccc3C)c2)cc1. The highest BCUT2D eigenvalue weighted by molar-refractivity contribution is 5.69. The van der Waals surface area contributed by atoms with Crippen molar-refractivity contribution in [1.29, 1.82) is 0 Å². The van der Waals surface area contributed by atoms with Gasteiger partial charge in [0, 0.05) is 6.42 Å². The van der Waals surface area contributed by atoms with Crippen LogP contribution in [0, 0.1) is 6.92 Å². The standard InChI is InChI=1S/C24H24O3/c1-18-6-3-4-9-23(18)21-8-5-7-20(16-21)17-27-22-13-10-19(11-14-22)12-15-24(25)26-2/h3-11,13-14,16H,12,15,17H2,1-2H3. The molecule has 0 atom stereocenters. The molecule has 0 unspecified atom stereocenters. The summed E-state index contributed by atoms with van der Waals surface area (Å²) in [6.45, 7) is 2.64. The summed E-state index contributed by atoms with van der Waals surface area (Å²) in [6.07, 6.45) is 1.06. The number of carbonyl (C=O) groups excluding carboxylic acids is 1. The summed E-state index contributed by atoms with van der Waals surface area (Å²) < 4.78 is 10.6. The van der Waals surface area contributed by atoms with Crippen LogP contribution < -0.4 is 4.74 Å². The number of ether oxygens (including phenoxy) is 2. The van der Waals surface area contributed by atoms with E-state index in [2.05, 4.69) is 60.2 Å². The first-order valence-corrected chi connectivity index (χ1v) is 9.09. The number of hydrogen-bond donors (Lipinski definition) is 0. The molecule has 0 heterocycles. The second kappa shape index (κ2) is 9.04. The minimum absolute atomic E-state index is 0.191. The summed E-state index contributed by atoms with van der Waals surface area (Å²) in [5.74, 6) is 0.627. The fourth-order valence-corrected chi connectivity index (χ4v) is 2.99. The minimum Gasteiger partial charge on any atom is -0.489 e. The van der Waals surface area contributed by atoms with Crippen molar-refractivity contribution in [1.82, 2.24) is 0 Å². The third-order valence-electron chi connectivity index (χ3n) is 4.56. The molecule has 3 nitrogen and oxygen atoms in total. The predicted molar refractivity (Wildman–Crippen MR) is 108 cm³/mol. The van der Waals surface area contributed by atoms with Crippen LogP contribution >= 0.6 is 0 Å². The maximum absolute atomic E-state index is 11.2. The molecule has 3 rings (SSSR count). The molecule has 0 saturated heterocycles. The summed E-state index contributed by atoms with van der Waals surface area (Å²) >= 11 is 0. The molecule has 0 amide bonds. The molecule has 3 aromatic carbocycles. The molecule has 0 aliphatic heterocycles. The minimum atomic E-state index is -0.191. The molecule has 0 radical (unpaired) electrons. The first-order valence-electron chi connectivity index (χ1n) is 9.09. The van der Waals surface area contributed by atoms with E-state index in [1.807, 2.05) is 24.3 Å². The van der Waals surface area contributed by atoms with Crippen LogP contribution in [0.5, 0.6) is 5.75 Å². The smallest absolute Gasteiger partial charge is 0.305 e. The maximum atomic E-state index is 11.2. The van der Waals surface area contributed by atoms with Crippen LogP contribution in [0.1, 0.15) is 23.1 Å². The van der Waals surface area contributed by atoms with Crippen molar-refractivity contribution >= 4 is 5.97 Å². The molecule has 138 valence electrons. The van der Waals surface area contributed by atoms with E-state index in [1.54, 1.807) is 0 Å². The second-order valence-electron chi connectivity index (χ2n) is 6.52. The zero-order valence-corrected chi connectivity index (χ0v) is 15.8. The highest BCUT2D eigenvalue weighted by atomic mass is 16.5. The van der Waals surface area contributed by atoms with Gasteiger partial charge in [-0.3, -0.25) is 4.79 Å². The van der Waals surface area contributed by atoms with Gasteiger partial charge >= 0.3 is 5.97 Å². The van der Waals surface area contributed by atoms with E-state index in [1.165, 1.54) is 23.8 Å². The maximum Gasteiger partial charge on any atom is 0.305 e. The molecule has 27 heavy (non-hydrogen) atoms. The largest absolute Gasteiger partial charge is 0.489 e.